The highest BCUT2D eigenvalue weighted by molar-refractivity contribution is 5.97. The third kappa shape index (κ3) is 3.57. The van der Waals surface area contributed by atoms with E-state index in [2.05, 4.69) is 15.0 Å². The van der Waals surface area contributed by atoms with Crippen molar-refractivity contribution in [2.24, 2.45) is 7.05 Å². The lowest BCUT2D eigenvalue weighted by molar-refractivity contribution is -0.0498. The van der Waals surface area contributed by atoms with Gasteiger partial charge in [-0.2, -0.15) is 8.78 Å². The van der Waals surface area contributed by atoms with Gasteiger partial charge in [-0.05, 0) is 12.1 Å². The van der Waals surface area contributed by atoms with Crippen LogP contribution in [0.5, 0.6) is 5.75 Å². The molecule has 0 atom stereocenters. The molecule has 0 spiro atoms. The Kier molecular flexibility index (Phi) is 3.84. The highest BCUT2D eigenvalue weighted by Gasteiger charge is 2.12. The molecule has 100 valence electrons. The first-order chi connectivity index (χ1) is 9.04. The molecule has 0 fully saturated rings. The number of ketones is 1. The lowest BCUT2D eigenvalue weighted by atomic mass is 10.1. The zero-order chi connectivity index (χ0) is 13.8. The number of ether oxygens (including phenoxy) is 1. The molecule has 0 bridgehead atoms. The molecule has 1 aromatic carbocycles. The summed E-state index contributed by atoms with van der Waals surface area (Å²) in [6, 6.07) is 5.68. The molecule has 1 heterocycles. The van der Waals surface area contributed by atoms with Gasteiger partial charge in [0, 0.05) is 18.8 Å². The van der Waals surface area contributed by atoms with Crippen LogP contribution in [-0.4, -0.2) is 27.4 Å². The smallest absolute Gasteiger partial charge is 0.387 e. The molecule has 0 saturated heterocycles. The average Bonchev–Trinajstić information content (AvgIpc) is 2.74. The van der Waals surface area contributed by atoms with Crippen molar-refractivity contribution < 1.29 is 18.3 Å². The third-order valence-corrected chi connectivity index (χ3v) is 2.37. The minimum Gasteiger partial charge on any atom is -0.435 e. The number of nitrogens with zero attached hydrogens (tertiary/aromatic N) is 3. The number of alkyl halides is 2. The van der Waals surface area contributed by atoms with E-state index in [0.717, 1.165) is 0 Å². The number of benzene rings is 1. The summed E-state index contributed by atoms with van der Waals surface area (Å²) >= 11 is 0. The normalized spacial score (nSPS) is 10.7. The van der Waals surface area contributed by atoms with Crippen LogP contribution in [0.1, 0.15) is 16.1 Å². The second kappa shape index (κ2) is 5.55. The fourth-order valence-electron chi connectivity index (χ4n) is 1.59. The predicted octanol–water partition coefficient (Wildman–Crippen LogP) is 1.84. The van der Waals surface area contributed by atoms with Gasteiger partial charge in [-0.25, -0.2) is 0 Å². The summed E-state index contributed by atoms with van der Waals surface area (Å²) in [5, 5.41) is 7.50. The van der Waals surface area contributed by atoms with Gasteiger partial charge in [0.15, 0.2) is 5.78 Å². The number of hydrogen-bond acceptors (Lipinski definition) is 4. The van der Waals surface area contributed by atoms with Gasteiger partial charge in [-0.1, -0.05) is 17.3 Å². The number of hydrogen-bond donors (Lipinski definition) is 0. The minimum absolute atomic E-state index is 0.0417. The summed E-state index contributed by atoms with van der Waals surface area (Å²) in [6.45, 7) is -2.91. The summed E-state index contributed by atoms with van der Waals surface area (Å²) in [6.07, 6.45) is 1.68. The standard InChI is InChI=1S/C12H11F2N3O2/c1-17-7-9(15-16-17)6-11(18)8-3-2-4-10(5-8)19-12(13)14/h2-5,7,12H,6H2,1H3. The topological polar surface area (TPSA) is 57.0 Å². The molecule has 0 amide bonds. The van der Waals surface area contributed by atoms with E-state index in [-0.39, 0.29) is 18.0 Å². The maximum atomic E-state index is 12.1. The first-order valence-electron chi connectivity index (χ1n) is 5.48. The van der Waals surface area contributed by atoms with Gasteiger partial charge >= 0.3 is 6.61 Å². The highest BCUT2D eigenvalue weighted by atomic mass is 19.3. The zero-order valence-electron chi connectivity index (χ0n) is 10.1. The Labute approximate surface area is 107 Å². The Hall–Kier alpha value is -2.31. The monoisotopic (exact) mass is 267 g/mol. The van der Waals surface area contributed by atoms with E-state index in [1.165, 1.54) is 28.9 Å². The SMILES string of the molecule is Cn1cc(CC(=O)c2cccc(OC(F)F)c2)nn1. The number of Topliss-reactive ketones (excluding diaryl/α,β-unsaturated/α-hetero) is 1. The predicted molar refractivity (Wildman–Crippen MR) is 62.1 cm³/mol. The zero-order valence-corrected chi connectivity index (χ0v) is 10.1. The third-order valence-electron chi connectivity index (χ3n) is 2.37. The van der Waals surface area contributed by atoms with Crippen molar-refractivity contribution in [3.63, 3.8) is 0 Å². The highest BCUT2D eigenvalue weighted by Crippen LogP contribution is 2.17. The quantitative estimate of drug-likeness (QED) is 0.776. The molecule has 0 aliphatic heterocycles. The van der Waals surface area contributed by atoms with Crippen LogP contribution >= 0.6 is 0 Å². The van der Waals surface area contributed by atoms with Gasteiger partial charge in [0.25, 0.3) is 0 Å². The number of aryl methyl sites for hydroxylation is 1. The summed E-state index contributed by atoms with van der Waals surface area (Å²) in [5.41, 5.74) is 0.816. The average molecular weight is 267 g/mol. The van der Waals surface area contributed by atoms with Gasteiger partial charge in [-0.3, -0.25) is 9.48 Å². The molecular weight excluding hydrogens is 256 g/mol. The Morgan fingerprint density at radius 2 is 2.26 bits per heavy atom. The molecule has 19 heavy (non-hydrogen) atoms. The molecule has 0 unspecified atom stereocenters. The van der Waals surface area contributed by atoms with E-state index in [1.54, 1.807) is 13.2 Å². The molecule has 5 nitrogen and oxygen atoms in total. The van der Waals surface area contributed by atoms with Crippen molar-refractivity contribution in [1.82, 2.24) is 15.0 Å². The maximum Gasteiger partial charge on any atom is 0.387 e. The van der Waals surface area contributed by atoms with Gasteiger partial charge < -0.3 is 4.74 Å². The Morgan fingerprint density at radius 3 is 2.89 bits per heavy atom. The van der Waals surface area contributed by atoms with Gasteiger partial charge in [-0.15, -0.1) is 5.10 Å². The van der Waals surface area contributed by atoms with Crippen molar-refractivity contribution >= 4 is 5.78 Å². The second-order valence-corrected chi connectivity index (χ2v) is 3.89. The summed E-state index contributed by atoms with van der Waals surface area (Å²) in [7, 11) is 1.69. The number of aromatic nitrogens is 3. The first kappa shape index (κ1) is 13.1. The van der Waals surface area contributed by atoms with Gasteiger partial charge in [0.05, 0.1) is 12.1 Å². The fourth-order valence-corrected chi connectivity index (χ4v) is 1.59. The maximum absolute atomic E-state index is 12.1. The van der Waals surface area contributed by atoms with E-state index in [1.807, 2.05) is 0 Å². The van der Waals surface area contributed by atoms with Crippen molar-refractivity contribution in [3.05, 3.63) is 41.7 Å². The first-order valence-corrected chi connectivity index (χ1v) is 5.48. The van der Waals surface area contributed by atoms with E-state index < -0.39 is 6.61 Å². The van der Waals surface area contributed by atoms with Crippen LogP contribution in [0.4, 0.5) is 8.78 Å². The molecule has 1 aromatic heterocycles. The number of carbonyl (C=O) groups is 1. The lowest BCUT2D eigenvalue weighted by Crippen LogP contribution is -2.06. The van der Waals surface area contributed by atoms with Crippen molar-refractivity contribution in [2.45, 2.75) is 13.0 Å². The fraction of sp³-hybridized carbons (Fsp3) is 0.250. The molecule has 0 radical (unpaired) electrons. The molecule has 0 aliphatic rings. The Morgan fingerprint density at radius 1 is 1.47 bits per heavy atom. The van der Waals surface area contributed by atoms with E-state index in [4.69, 9.17) is 0 Å². The summed E-state index contributed by atoms with van der Waals surface area (Å²) in [4.78, 5) is 11.9. The number of carbonyl (C=O) groups excluding carboxylic acids is 1. The van der Waals surface area contributed by atoms with Crippen LogP contribution in [0.2, 0.25) is 0 Å². The van der Waals surface area contributed by atoms with Crippen LogP contribution in [-0.2, 0) is 13.5 Å². The van der Waals surface area contributed by atoms with Crippen LogP contribution in [0.15, 0.2) is 30.5 Å². The van der Waals surface area contributed by atoms with Crippen molar-refractivity contribution in [3.8, 4) is 5.75 Å². The van der Waals surface area contributed by atoms with Crippen LogP contribution < -0.4 is 4.74 Å². The summed E-state index contributed by atoms with van der Waals surface area (Å²) < 4.78 is 29.9. The summed E-state index contributed by atoms with van der Waals surface area (Å²) in [5.74, 6) is -0.278. The van der Waals surface area contributed by atoms with Gasteiger partial charge in [0.1, 0.15) is 5.75 Å². The molecule has 0 saturated carbocycles. The molecule has 2 rings (SSSR count). The van der Waals surface area contributed by atoms with Gasteiger partial charge in [0.2, 0.25) is 0 Å². The Balaban J connectivity index is 2.10. The lowest BCUT2D eigenvalue weighted by Gasteiger charge is -2.05. The van der Waals surface area contributed by atoms with Crippen LogP contribution in [0, 0.1) is 0 Å². The van der Waals surface area contributed by atoms with E-state index in [0.29, 0.717) is 11.3 Å². The second-order valence-electron chi connectivity index (χ2n) is 3.89. The minimum atomic E-state index is -2.91. The van der Waals surface area contributed by atoms with Crippen LogP contribution in [0.25, 0.3) is 0 Å². The molecule has 2 aromatic rings. The number of halogens is 2. The molecule has 0 N–H and O–H groups in total. The molecule has 0 aliphatic carbocycles. The van der Waals surface area contributed by atoms with Crippen molar-refractivity contribution in [1.29, 1.82) is 0 Å². The number of rotatable bonds is 5. The molecule has 7 heteroatoms. The van der Waals surface area contributed by atoms with E-state index >= 15 is 0 Å². The Bertz CT molecular complexity index is 584. The van der Waals surface area contributed by atoms with Crippen LogP contribution in [0.3, 0.4) is 0 Å². The van der Waals surface area contributed by atoms with E-state index in [9.17, 15) is 13.6 Å². The largest absolute Gasteiger partial charge is 0.435 e. The van der Waals surface area contributed by atoms with Crippen molar-refractivity contribution in [2.75, 3.05) is 0 Å². The molecular formula is C12H11F2N3O2.